The summed E-state index contributed by atoms with van der Waals surface area (Å²) in [5.41, 5.74) is 1.36. The smallest absolute Gasteiger partial charge is 0.340 e. The first-order valence-electron chi connectivity index (χ1n) is 8.62. The fourth-order valence-electron chi connectivity index (χ4n) is 2.98. The quantitative estimate of drug-likeness (QED) is 0.742. The standard InChI is InChI=1S/C17H24NO/c1-11(2)17-18(12(3)4)16-14-8-6-5-7-13(14)9-10-15(16)19-17/h5-8,11-12,15-16H,9-10H2,1-4H3/q+1/t15-,16+/m0/s1/i9D2,16D. The molecule has 0 fully saturated rings. The highest BCUT2D eigenvalue weighted by Gasteiger charge is 2.49. The maximum atomic E-state index is 9.22. The van der Waals surface area contributed by atoms with Gasteiger partial charge in [0.2, 0.25) is 6.02 Å². The SMILES string of the molecule is [2H]C1([2H])C[C@@H]2OC(C(C)C)=[N+](C(C)C)[C@]2([2H])c2ccccc21. The van der Waals surface area contributed by atoms with E-state index in [0.29, 0.717) is 5.56 Å². The third-order valence-corrected chi connectivity index (χ3v) is 3.76. The minimum Gasteiger partial charge on any atom is -0.437 e. The van der Waals surface area contributed by atoms with Gasteiger partial charge in [0, 0.05) is 8.30 Å². The first kappa shape index (κ1) is 9.57. The summed E-state index contributed by atoms with van der Waals surface area (Å²) in [5.74, 6) is 0.982. The van der Waals surface area contributed by atoms with Gasteiger partial charge in [0.25, 0.3) is 0 Å². The Hall–Kier alpha value is -1.31. The van der Waals surface area contributed by atoms with Crippen molar-refractivity contribution >= 4 is 5.90 Å². The van der Waals surface area contributed by atoms with Gasteiger partial charge < -0.3 is 4.74 Å². The van der Waals surface area contributed by atoms with Gasteiger partial charge >= 0.3 is 5.90 Å². The molecule has 3 rings (SSSR count). The Kier molecular flexibility index (Phi) is 2.35. The molecule has 0 amide bonds. The van der Waals surface area contributed by atoms with Crippen molar-refractivity contribution < 1.29 is 13.4 Å². The summed E-state index contributed by atoms with van der Waals surface area (Å²) >= 11 is 0. The molecule has 2 heteroatoms. The van der Waals surface area contributed by atoms with Crippen molar-refractivity contribution in [3.63, 3.8) is 0 Å². The predicted octanol–water partition coefficient (Wildman–Crippen LogP) is 3.55. The van der Waals surface area contributed by atoms with Gasteiger partial charge in [0.1, 0.15) is 1.37 Å². The fraction of sp³-hybridized carbons (Fsp3) is 0.588. The van der Waals surface area contributed by atoms with Gasteiger partial charge in [0.05, 0.1) is 5.92 Å². The van der Waals surface area contributed by atoms with E-state index in [9.17, 15) is 1.37 Å². The molecule has 1 aromatic rings. The maximum Gasteiger partial charge on any atom is 0.340 e. The average molecular weight is 261 g/mol. The van der Waals surface area contributed by atoms with E-state index in [-0.39, 0.29) is 18.4 Å². The van der Waals surface area contributed by atoms with E-state index in [1.165, 1.54) is 0 Å². The highest BCUT2D eigenvalue weighted by atomic mass is 16.5. The van der Waals surface area contributed by atoms with Crippen LogP contribution in [0.5, 0.6) is 0 Å². The summed E-state index contributed by atoms with van der Waals surface area (Å²) in [6, 6.07) is 6.51. The Morgan fingerprint density at radius 2 is 2.05 bits per heavy atom. The molecule has 2 nitrogen and oxygen atoms in total. The third kappa shape index (κ3) is 1.98. The Morgan fingerprint density at radius 1 is 1.32 bits per heavy atom. The molecular formula is C17H24NO+. The molecule has 102 valence electrons. The molecule has 0 aromatic heterocycles. The molecule has 1 aromatic carbocycles. The first-order valence-corrected chi connectivity index (χ1v) is 7.12. The number of rotatable bonds is 2. The molecule has 2 aliphatic rings. The lowest BCUT2D eigenvalue weighted by atomic mass is 9.85. The zero-order chi connectivity index (χ0) is 16.3. The summed E-state index contributed by atoms with van der Waals surface area (Å²) in [6.45, 7) is 8.25. The van der Waals surface area contributed by atoms with Gasteiger partial charge in [-0.15, -0.1) is 0 Å². The largest absolute Gasteiger partial charge is 0.437 e. The molecule has 2 atom stereocenters. The molecule has 1 aliphatic carbocycles. The minimum atomic E-state index is -1.46. The van der Waals surface area contributed by atoms with Crippen LogP contribution >= 0.6 is 0 Å². The number of ether oxygens (including phenoxy) is 1. The zero-order valence-electron chi connectivity index (χ0n) is 15.1. The lowest BCUT2D eigenvalue weighted by molar-refractivity contribution is -0.597. The summed E-state index contributed by atoms with van der Waals surface area (Å²) in [7, 11) is 0. The van der Waals surface area contributed by atoms with E-state index >= 15 is 0 Å². The number of aryl methyl sites for hydroxylation is 1. The molecule has 0 unspecified atom stereocenters. The van der Waals surface area contributed by atoms with Crippen LogP contribution < -0.4 is 0 Å². The lowest BCUT2D eigenvalue weighted by Gasteiger charge is -2.25. The Balaban J connectivity index is 2.27. The highest BCUT2D eigenvalue weighted by Crippen LogP contribution is 2.39. The molecule has 0 saturated heterocycles. The normalized spacial score (nSPS) is 34.4. The Labute approximate surface area is 120 Å². The summed E-state index contributed by atoms with van der Waals surface area (Å²) in [4.78, 5) is 0. The van der Waals surface area contributed by atoms with Gasteiger partial charge in [0.15, 0.2) is 12.1 Å². The monoisotopic (exact) mass is 261 g/mol. The van der Waals surface area contributed by atoms with Crippen LogP contribution in [-0.2, 0) is 11.1 Å². The maximum absolute atomic E-state index is 9.22. The van der Waals surface area contributed by atoms with Crippen LogP contribution in [0.4, 0.5) is 0 Å². The fourth-order valence-corrected chi connectivity index (χ4v) is 2.98. The van der Waals surface area contributed by atoms with E-state index in [4.69, 9.17) is 7.48 Å². The first-order chi connectivity index (χ1) is 10.2. The number of hydrogen-bond acceptors (Lipinski definition) is 1. The van der Waals surface area contributed by atoms with Crippen molar-refractivity contribution in [2.45, 2.75) is 58.7 Å². The van der Waals surface area contributed by atoms with Gasteiger partial charge in [-0.2, -0.15) is 4.58 Å². The van der Waals surface area contributed by atoms with Crippen molar-refractivity contribution in [2.24, 2.45) is 5.92 Å². The molecule has 1 heterocycles. The highest BCUT2D eigenvalue weighted by molar-refractivity contribution is 5.74. The van der Waals surface area contributed by atoms with E-state index in [2.05, 4.69) is 27.7 Å². The van der Waals surface area contributed by atoms with E-state index in [1.807, 2.05) is 28.8 Å². The van der Waals surface area contributed by atoms with Crippen LogP contribution in [-0.4, -0.2) is 22.6 Å². The van der Waals surface area contributed by atoms with Gasteiger partial charge in [-0.1, -0.05) is 24.3 Å². The number of nitrogens with zero attached hydrogens (tertiary/aromatic N) is 1. The minimum absolute atomic E-state index is 0.122. The number of fused-ring (bicyclic) bond motifs is 3. The van der Waals surface area contributed by atoms with Crippen LogP contribution in [0.2, 0.25) is 0 Å². The van der Waals surface area contributed by atoms with Crippen LogP contribution in [0.3, 0.4) is 0 Å². The Bertz CT molecular complexity index is 639. The second kappa shape index (κ2) is 4.66. The molecule has 0 radical (unpaired) electrons. The molecule has 19 heavy (non-hydrogen) atoms. The summed E-state index contributed by atoms with van der Waals surface area (Å²) < 4.78 is 34.1. The van der Waals surface area contributed by atoms with Gasteiger partial charge in [-0.25, -0.2) is 0 Å². The molecule has 0 saturated carbocycles. The van der Waals surface area contributed by atoms with Crippen molar-refractivity contribution in [1.82, 2.24) is 0 Å². The van der Waals surface area contributed by atoms with Crippen molar-refractivity contribution in [3.05, 3.63) is 35.4 Å². The van der Waals surface area contributed by atoms with Crippen LogP contribution in [0.1, 0.15) is 55.4 Å². The average Bonchev–Trinajstić information content (AvgIpc) is 2.73. The van der Waals surface area contributed by atoms with Gasteiger partial charge in [-0.05, 0) is 46.1 Å². The summed E-state index contributed by atoms with van der Waals surface area (Å²) in [6.07, 6.45) is -1.72. The van der Waals surface area contributed by atoms with Gasteiger partial charge in [-0.3, -0.25) is 0 Å². The van der Waals surface area contributed by atoms with E-state index in [1.54, 1.807) is 0 Å². The topological polar surface area (TPSA) is 12.2 Å². The van der Waals surface area contributed by atoms with Crippen molar-refractivity contribution in [2.75, 3.05) is 0 Å². The molecule has 0 spiro atoms. The predicted molar refractivity (Wildman–Crippen MR) is 77.6 cm³/mol. The van der Waals surface area contributed by atoms with Crippen molar-refractivity contribution in [1.29, 1.82) is 0 Å². The van der Waals surface area contributed by atoms with Crippen LogP contribution in [0, 0.1) is 5.92 Å². The third-order valence-electron chi connectivity index (χ3n) is 3.76. The lowest BCUT2D eigenvalue weighted by Crippen LogP contribution is -2.33. The van der Waals surface area contributed by atoms with E-state index < -0.39 is 18.5 Å². The Morgan fingerprint density at radius 3 is 2.74 bits per heavy atom. The van der Waals surface area contributed by atoms with Crippen LogP contribution in [0.25, 0.3) is 0 Å². The van der Waals surface area contributed by atoms with Crippen LogP contribution in [0.15, 0.2) is 24.3 Å². The molecular weight excluding hydrogens is 234 g/mol. The molecule has 1 aliphatic heterocycles. The van der Waals surface area contributed by atoms with Crippen molar-refractivity contribution in [3.8, 4) is 0 Å². The van der Waals surface area contributed by atoms with E-state index in [0.717, 1.165) is 11.5 Å². The molecule has 0 bridgehead atoms. The molecule has 0 N–H and O–H groups in total. The number of hydrogen-bond donors (Lipinski definition) is 0. The number of benzene rings is 1. The zero-order valence-corrected chi connectivity index (χ0v) is 12.1. The second-order valence-corrected chi connectivity index (χ2v) is 5.87. The second-order valence-electron chi connectivity index (χ2n) is 5.87. The summed E-state index contributed by atoms with van der Waals surface area (Å²) in [5, 5.41) is 0.